The van der Waals surface area contributed by atoms with Crippen molar-refractivity contribution < 1.29 is 18.7 Å². The lowest BCUT2D eigenvalue weighted by atomic mass is 10.1. The number of nitrogens with one attached hydrogen (secondary N) is 1. The van der Waals surface area contributed by atoms with Crippen LogP contribution in [-0.2, 0) is 0 Å². The summed E-state index contributed by atoms with van der Waals surface area (Å²) in [6, 6.07) is 12.7. The average molecular weight is 443 g/mol. The van der Waals surface area contributed by atoms with Gasteiger partial charge >= 0.3 is 0 Å². The van der Waals surface area contributed by atoms with Gasteiger partial charge in [-0.05, 0) is 42.3 Å². The molecule has 2 aromatic heterocycles. The number of amides is 1. The minimum Gasteiger partial charge on any atom is -0.493 e. The lowest BCUT2D eigenvalue weighted by molar-refractivity contribution is 0.0980. The molecule has 3 rings (SSSR count). The monoisotopic (exact) mass is 442 g/mol. The lowest BCUT2D eigenvalue weighted by Crippen LogP contribution is -2.17. The van der Waals surface area contributed by atoms with Gasteiger partial charge in [0.2, 0.25) is 5.88 Å². The summed E-state index contributed by atoms with van der Waals surface area (Å²) in [5.41, 5.74) is 6.84. The summed E-state index contributed by atoms with van der Waals surface area (Å²) in [7, 11) is 1.41. The van der Waals surface area contributed by atoms with Crippen LogP contribution in [0.2, 0.25) is 0 Å². The lowest BCUT2D eigenvalue weighted by Gasteiger charge is -2.12. The molecule has 0 aliphatic rings. The molecule has 9 heteroatoms. The van der Waals surface area contributed by atoms with E-state index < -0.39 is 11.7 Å². The molecule has 0 radical (unpaired) electrons. The van der Waals surface area contributed by atoms with Crippen molar-refractivity contribution >= 4 is 23.7 Å². The Hall–Kier alpha value is -3.33. The molecular formula is C22H23FN4O3S. The van der Waals surface area contributed by atoms with Gasteiger partial charge < -0.3 is 15.2 Å². The number of ether oxygens (including phenoxy) is 2. The SMILES string of the molecule is COc1nc(-c2cc(F)cc(OCC(C)C)c2)ccc1C(=O)NSc1cccc(N)n1. The zero-order chi connectivity index (χ0) is 22.4. The average Bonchev–Trinajstić information content (AvgIpc) is 2.75. The first-order chi connectivity index (χ1) is 14.9. The van der Waals surface area contributed by atoms with Crippen molar-refractivity contribution in [2.24, 2.45) is 5.92 Å². The minimum atomic E-state index is -0.440. The highest BCUT2D eigenvalue weighted by Crippen LogP contribution is 2.28. The van der Waals surface area contributed by atoms with Gasteiger partial charge in [-0.15, -0.1) is 0 Å². The van der Waals surface area contributed by atoms with Crippen LogP contribution in [0.15, 0.2) is 53.6 Å². The van der Waals surface area contributed by atoms with Crippen LogP contribution in [0, 0.1) is 11.7 Å². The van der Waals surface area contributed by atoms with Gasteiger partial charge in [0.25, 0.3) is 5.91 Å². The Balaban J connectivity index is 1.80. The first kappa shape index (κ1) is 22.4. The maximum Gasteiger partial charge on any atom is 0.266 e. The zero-order valence-corrected chi connectivity index (χ0v) is 18.2. The number of nitrogens with zero attached hydrogens (tertiary/aromatic N) is 2. The molecule has 0 aliphatic heterocycles. The fraction of sp³-hybridized carbons (Fsp3) is 0.227. The molecule has 31 heavy (non-hydrogen) atoms. The van der Waals surface area contributed by atoms with Gasteiger partial charge in [-0.25, -0.2) is 14.4 Å². The van der Waals surface area contributed by atoms with Crippen molar-refractivity contribution in [3.8, 4) is 22.9 Å². The predicted octanol–water partition coefficient (Wildman–Crippen LogP) is 4.35. The molecule has 7 nitrogen and oxygen atoms in total. The number of methoxy groups -OCH3 is 1. The van der Waals surface area contributed by atoms with Crippen LogP contribution >= 0.6 is 11.9 Å². The normalized spacial score (nSPS) is 10.7. The van der Waals surface area contributed by atoms with E-state index in [4.69, 9.17) is 15.2 Å². The number of rotatable bonds is 8. The highest BCUT2D eigenvalue weighted by atomic mass is 32.2. The van der Waals surface area contributed by atoms with Gasteiger partial charge in [0.05, 0.1) is 19.4 Å². The second-order valence-electron chi connectivity index (χ2n) is 7.07. The fourth-order valence-electron chi connectivity index (χ4n) is 2.63. The van der Waals surface area contributed by atoms with Gasteiger partial charge in [0.15, 0.2) is 0 Å². The molecule has 0 saturated carbocycles. The molecule has 0 fully saturated rings. The maximum absolute atomic E-state index is 14.1. The fourth-order valence-corrected chi connectivity index (χ4v) is 3.23. The first-order valence-electron chi connectivity index (χ1n) is 9.54. The second kappa shape index (κ2) is 10.1. The summed E-state index contributed by atoms with van der Waals surface area (Å²) in [6.45, 7) is 4.49. The molecule has 0 saturated heterocycles. The van der Waals surface area contributed by atoms with E-state index in [9.17, 15) is 9.18 Å². The first-order valence-corrected chi connectivity index (χ1v) is 10.4. The number of nitrogens with two attached hydrogens (primary N) is 1. The number of halogens is 1. The molecule has 1 amide bonds. The third kappa shape index (κ3) is 6.08. The molecule has 2 heterocycles. The summed E-state index contributed by atoms with van der Waals surface area (Å²) in [5.74, 6) is 0.343. The third-order valence-electron chi connectivity index (χ3n) is 4.04. The standard InChI is InChI=1S/C22H23FN4O3S/c1-13(2)12-30-16-10-14(9-15(23)11-16)18-8-7-17(22(25-18)29-3)21(28)27-31-20-6-4-5-19(24)26-20/h4-11,13H,12H2,1-3H3,(H2,24,26)(H,27,28). The molecule has 1 aromatic carbocycles. The summed E-state index contributed by atoms with van der Waals surface area (Å²) in [4.78, 5) is 21.1. The van der Waals surface area contributed by atoms with Crippen molar-refractivity contribution in [1.29, 1.82) is 0 Å². The van der Waals surface area contributed by atoms with E-state index >= 15 is 0 Å². The van der Waals surface area contributed by atoms with Crippen molar-refractivity contribution in [1.82, 2.24) is 14.7 Å². The number of carbonyl (C=O) groups is 1. The second-order valence-corrected chi connectivity index (χ2v) is 7.89. The summed E-state index contributed by atoms with van der Waals surface area (Å²) < 4.78 is 27.7. The number of carbonyl (C=O) groups excluding carboxylic acids is 1. The molecule has 0 bridgehead atoms. The number of anilines is 1. The van der Waals surface area contributed by atoms with Crippen LogP contribution in [0.1, 0.15) is 24.2 Å². The van der Waals surface area contributed by atoms with E-state index in [1.807, 2.05) is 13.8 Å². The Morgan fingerprint density at radius 3 is 2.71 bits per heavy atom. The molecule has 3 aromatic rings. The van der Waals surface area contributed by atoms with Gasteiger partial charge in [-0.2, -0.15) is 0 Å². The van der Waals surface area contributed by atoms with E-state index in [1.165, 1.54) is 19.2 Å². The number of benzene rings is 1. The van der Waals surface area contributed by atoms with Gasteiger partial charge in [-0.1, -0.05) is 19.9 Å². The Kier molecular flexibility index (Phi) is 7.30. The Morgan fingerprint density at radius 1 is 1.19 bits per heavy atom. The van der Waals surface area contributed by atoms with Crippen LogP contribution in [0.4, 0.5) is 10.2 Å². The van der Waals surface area contributed by atoms with Gasteiger partial charge in [0.1, 0.15) is 28.0 Å². The molecule has 3 N–H and O–H groups in total. The van der Waals surface area contributed by atoms with E-state index in [0.717, 1.165) is 11.9 Å². The van der Waals surface area contributed by atoms with Crippen molar-refractivity contribution in [2.45, 2.75) is 18.9 Å². The van der Waals surface area contributed by atoms with Crippen LogP contribution in [-0.4, -0.2) is 29.6 Å². The minimum absolute atomic E-state index is 0.116. The van der Waals surface area contributed by atoms with Crippen molar-refractivity contribution in [3.05, 3.63) is 59.9 Å². The molecule has 0 atom stereocenters. The Morgan fingerprint density at radius 2 is 2.00 bits per heavy atom. The van der Waals surface area contributed by atoms with Gasteiger partial charge in [-0.3, -0.25) is 9.52 Å². The largest absolute Gasteiger partial charge is 0.493 e. The maximum atomic E-state index is 14.1. The van der Waals surface area contributed by atoms with Gasteiger partial charge in [0, 0.05) is 23.6 Å². The zero-order valence-electron chi connectivity index (χ0n) is 17.4. The Bertz CT molecular complexity index is 1080. The molecule has 0 unspecified atom stereocenters. The van der Waals surface area contributed by atoms with Crippen LogP contribution in [0.5, 0.6) is 11.6 Å². The number of pyridine rings is 2. The highest BCUT2D eigenvalue weighted by molar-refractivity contribution is 7.97. The Labute approximate surface area is 184 Å². The summed E-state index contributed by atoms with van der Waals surface area (Å²) >= 11 is 1.03. The molecule has 0 aliphatic carbocycles. The molecule has 162 valence electrons. The number of hydrogen-bond donors (Lipinski definition) is 2. The van der Waals surface area contributed by atoms with E-state index in [2.05, 4.69) is 14.7 Å². The summed E-state index contributed by atoms with van der Waals surface area (Å²) in [6.07, 6.45) is 0. The smallest absolute Gasteiger partial charge is 0.266 e. The third-order valence-corrected chi connectivity index (χ3v) is 4.77. The van der Waals surface area contributed by atoms with Crippen LogP contribution < -0.4 is 19.9 Å². The summed E-state index contributed by atoms with van der Waals surface area (Å²) in [5, 5.41) is 0.547. The number of aromatic nitrogens is 2. The number of nitrogen functional groups attached to an aromatic ring is 1. The van der Waals surface area contributed by atoms with E-state index in [1.54, 1.807) is 36.4 Å². The topological polar surface area (TPSA) is 99.4 Å². The van der Waals surface area contributed by atoms with E-state index in [0.29, 0.717) is 40.4 Å². The van der Waals surface area contributed by atoms with Crippen LogP contribution in [0.3, 0.4) is 0 Å². The van der Waals surface area contributed by atoms with Crippen molar-refractivity contribution in [3.63, 3.8) is 0 Å². The van der Waals surface area contributed by atoms with Crippen LogP contribution in [0.25, 0.3) is 11.3 Å². The van der Waals surface area contributed by atoms with Crippen molar-refractivity contribution in [2.75, 3.05) is 19.5 Å². The molecular weight excluding hydrogens is 419 g/mol. The predicted molar refractivity (Wildman–Crippen MR) is 118 cm³/mol. The highest BCUT2D eigenvalue weighted by Gasteiger charge is 2.16. The molecule has 0 spiro atoms. The van der Waals surface area contributed by atoms with E-state index in [-0.39, 0.29) is 11.4 Å². The quantitative estimate of drug-likeness (QED) is 0.501. The number of hydrogen-bond acceptors (Lipinski definition) is 7.